The van der Waals surface area contributed by atoms with Gasteiger partial charge in [0.1, 0.15) is 12.4 Å². The lowest BCUT2D eigenvalue weighted by Gasteiger charge is -2.56. The number of piperidine rings is 1. The summed E-state index contributed by atoms with van der Waals surface area (Å²) in [5.74, 6) is 0.957. The van der Waals surface area contributed by atoms with Gasteiger partial charge in [-0.05, 0) is 73.3 Å². The monoisotopic (exact) mass is 447 g/mol. The molecule has 0 bridgehead atoms. The van der Waals surface area contributed by atoms with Crippen molar-refractivity contribution >= 4 is 11.6 Å². The number of hydrogen-bond acceptors (Lipinski definition) is 4. The quantitative estimate of drug-likeness (QED) is 0.491. The van der Waals surface area contributed by atoms with Crippen molar-refractivity contribution in [3.05, 3.63) is 95.3 Å². The Morgan fingerprint density at radius 1 is 0.906 bits per heavy atom. The third-order valence-electron chi connectivity index (χ3n) is 6.93. The summed E-state index contributed by atoms with van der Waals surface area (Å²) < 4.78 is 5.89. The minimum atomic E-state index is 0.191. The first-order chi connectivity index (χ1) is 15.7. The summed E-state index contributed by atoms with van der Waals surface area (Å²) in [4.78, 5) is 9.82. The van der Waals surface area contributed by atoms with E-state index in [4.69, 9.17) is 16.3 Å². The molecule has 2 saturated heterocycles. The number of rotatable bonds is 7. The number of nitrogens with zero attached hydrogens (tertiary/aromatic N) is 3. The zero-order valence-corrected chi connectivity index (χ0v) is 19.1. The van der Waals surface area contributed by atoms with Crippen LogP contribution in [0.15, 0.2) is 79.0 Å². The molecule has 2 aliphatic rings. The van der Waals surface area contributed by atoms with Gasteiger partial charge in [-0.3, -0.25) is 14.8 Å². The third-order valence-corrected chi connectivity index (χ3v) is 7.18. The first-order valence-corrected chi connectivity index (χ1v) is 11.9. The summed E-state index contributed by atoms with van der Waals surface area (Å²) in [5.41, 5.74) is 2.81. The van der Waals surface area contributed by atoms with E-state index in [0.717, 1.165) is 55.8 Å². The SMILES string of the molecule is Clc1ccc(C(c2ccccn2)N2CC3(CCN(CCOc4ccccc4)CC3)C2)cc1. The molecule has 0 amide bonds. The Morgan fingerprint density at radius 3 is 2.31 bits per heavy atom. The number of halogens is 1. The number of para-hydroxylation sites is 1. The number of ether oxygens (including phenoxy) is 1. The molecule has 166 valence electrons. The van der Waals surface area contributed by atoms with Gasteiger partial charge in [-0.15, -0.1) is 0 Å². The van der Waals surface area contributed by atoms with E-state index in [1.807, 2.05) is 54.7 Å². The van der Waals surface area contributed by atoms with Crippen molar-refractivity contribution in [2.24, 2.45) is 5.41 Å². The van der Waals surface area contributed by atoms with Gasteiger partial charge < -0.3 is 4.74 Å². The highest BCUT2D eigenvalue weighted by Crippen LogP contribution is 2.45. The van der Waals surface area contributed by atoms with Crippen molar-refractivity contribution in [3.63, 3.8) is 0 Å². The van der Waals surface area contributed by atoms with Gasteiger partial charge in [0.05, 0.1) is 11.7 Å². The van der Waals surface area contributed by atoms with Crippen molar-refractivity contribution in [2.45, 2.75) is 18.9 Å². The second-order valence-corrected chi connectivity index (χ2v) is 9.55. The molecule has 2 aromatic carbocycles. The van der Waals surface area contributed by atoms with E-state index in [9.17, 15) is 0 Å². The molecule has 0 saturated carbocycles. The summed E-state index contributed by atoms with van der Waals surface area (Å²) in [5, 5.41) is 0.775. The molecule has 4 nitrogen and oxygen atoms in total. The molecule has 2 fully saturated rings. The molecule has 5 heteroatoms. The number of likely N-dealkylation sites (tertiary alicyclic amines) is 2. The molecule has 2 aliphatic heterocycles. The molecule has 1 atom stereocenters. The smallest absolute Gasteiger partial charge is 0.119 e. The molecular formula is C27H30ClN3O. The normalized spacial score (nSPS) is 19.4. The van der Waals surface area contributed by atoms with Crippen LogP contribution in [0.3, 0.4) is 0 Å². The topological polar surface area (TPSA) is 28.6 Å². The molecule has 0 N–H and O–H groups in total. The number of aromatic nitrogens is 1. The van der Waals surface area contributed by atoms with Gasteiger partial charge >= 0.3 is 0 Å². The Bertz CT molecular complexity index is 980. The Balaban J connectivity index is 1.17. The molecule has 3 aromatic rings. The first-order valence-electron chi connectivity index (χ1n) is 11.5. The van der Waals surface area contributed by atoms with Gasteiger partial charge in [-0.2, -0.15) is 0 Å². The molecule has 1 aromatic heterocycles. The second-order valence-electron chi connectivity index (χ2n) is 9.12. The average Bonchev–Trinajstić information content (AvgIpc) is 2.82. The number of benzene rings is 2. The molecule has 1 spiro atoms. The van der Waals surface area contributed by atoms with Crippen molar-refractivity contribution in [3.8, 4) is 5.75 Å². The van der Waals surface area contributed by atoms with Crippen LogP contribution in [0.25, 0.3) is 0 Å². The predicted molar refractivity (Wildman–Crippen MR) is 129 cm³/mol. The Labute approximate surface area is 195 Å². The fourth-order valence-electron chi connectivity index (χ4n) is 5.13. The maximum atomic E-state index is 6.15. The minimum absolute atomic E-state index is 0.191. The maximum Gasteiger partial charge on any atom is 0.119 e. The molecule has 0 aliphatic carbocycles. The molecule has 1 unspecified atom stereocenters. The number of pyridine rings is 1. The summed E-state index contributed by atoms with van der Waals surface area (Å²) in [6, 6.07) is 24.7. The van der Waals surface area contributed by atoms with Crippen LogP contribution in [-0.4, -0.2) is 54.1 Å². The minimum Gasteiger partial charge on any atom is -0.492 e. The van der Waals surface area contributed by atoms with Crippen LogP contribution >= 0.6 is 11.6 Å². The zero-order valence-electron chi connectivity index (χ0n) is 18.4. The summed E-state index contributed by atoms with van der Waals surface area (Å²) in [6.45, 7) is 6.32. The highest BCUT2D eigenvalue weighted by Gasteiger charge is 2.47. The Kier molecular flexibility index (Phi) is 6.44. The van der Waals surface area contributed by atoms with E-state index in [0.29, 0.717) is 5.41 Å². The standard InChI is InChI=1S/C27H30ClN3O/c28-23-11-9-22(10-12-23)26(25-8-4-5-15-29-25)31-20-27(21-31)13-16-30(17-14-27)18-19-32-24-6-2-1-3-7-24/h1-12,15,26H,13-14,16-21H2. The summed E-state index contributed by atoms with van der Waals surface area (Å²) in [6.07, 6.45) is 4.40. The van der Waals surface area contributed by atoms with E-state index in [1.165, 1.54) is 18.4 Å². The van der Waals surface area contributed by atoms with Crippen LogP contribution in [-0.2, 0) is 0 Å². The van der Waals surface area contributed by atoms with Gasteiger partial charge in [-0.1, -0.05) is 48.0 Å². The third kappa shape index (κ3) is 4.83. The second kappa shape index (κ2) is 9.62. The summed E-state index contributed by atoms with van der Waals surface area (Å²) >= 11 is 6.15. The van der Waals surface area contributed by atoms with E-state index < -0.39 is 0 Å². The van der Waals surface area contributed by atoms with Gasteiger partial charge in [0.15, 0.2) is 0 Å². The van der Waals surface area contributed by atoms with Crippen LogP contribution in [0.5, 0.6) is 5.75 Å². The molecule has 32 heavy (non-hydrogen) atoms. The average molecular weight is 448 g/mol. The largest absolute Gasteiger partial charge is 0.492 e. The van der Waals surface area contributed by atoms with Crippen molar-refractivity contribution in [2.75, 3.05) is 39.3 Å². The lowest BCUT2D eigenvalue weighted by Crippen LogP contribution is -2.61. The van der Waals surface area contributed by atoms with E-state index in [1.54, 1.807) is 0 Å². The lowest BCUT2D eigenvalue weighted by atomic mass is 9.70. The van der Waals surface area contributed by atoms with Crippen LogP contribution in [0.4, 0.5) is 0 Å². The van der Waals surface area contributed by atoms with Crippen LogP contribution in [0, 0.1) is 5.41 Å². The zero-order chi connectivity index (χ0) is 21.8. The van der Waals surface area contributed by atoms with E-state index >= 15 is 0 Å². The first kappa shape index (κ1) is 21.4. The molecule has 3 heterocycles. The van der Waals surface area contributed by atoms with Crippen LogP contribution in [0.2, 0.25) is 5.02 Å². The van der Waals surface area contributed by atoms with Crippen molar-refractivity contribution in [1.82, 2.24) is 14.8 Å². The van der Waals surface area contributed by atoms with Crippen molar-refractivity contribution in [1.29, 1.82) is 0 Å². The predicted octanol–water partition coefficient (Wildman–Crippen LogP) is 5.30. The van der Waals surface area contributed by atoms with Gasteiger partial charge in [-0.25, -0.2) is 0 Å². The lowest BCUT2D eigenvalue weighted by molar-refractivity contribution is -0.0640. The van der Waals surface area contributed by atoms with Crippen LogP contribution in [0.1, 0.15) is 30.1 Å². The Morgan fingerprint density at radius 2 is 1.62 bits per heavy atom. The molecule has 5 rings (SSSR count). The van der Waals surface area contributed by atoms with Crippen molar-refractivity contribution < 1.29 is 4.74 Å². The highest BCUT2D eigenvalue weighted by atomic mass is 35.5. The van der Waals surface area contributed by atoms with Gasteiger partial charge in [0, 0.05) is 30.9 Å². The maximum absolute atomic E-state index is 6.15. The Hall–Kier alpha value is -2.40. The molecular weight excluding hydrogens is 418 g/mol. The summed E-state index contributed by atoms with van der Waals surface area (Å²) in [7, 11) is 0. The fourth-order valence-corrected chi connectivity index (χ4v) is 5.25. The van der Waals surface area contributed by atoms with E-state index in [2.05, 4.69) is 39.0 Å². The van der Waals surface area contributed by atoms with Gasteiger partial charge in [0.2, 0.25) is 0 Å². The van der Waals surface area contributed by atoms with E-state index in [-0.39, 0.29) is 6.04 Å². The molecule has 0 radical (unpaired) electrons. The highest BCUT2D eigenvalue weighted by molar-refractivity contribution is 6.30. The van der Waals surface area contributed by atoms with Crippen LogP contribution < -0.4 is 4.74 Å². The number of hydrogen-bond donors (Lipinski definition) is 0. The fraction of sp³-hybridized carbons (Fsp3) is 0.370. The van der Waals surface area contributed by atoms with Gasteiger partial charge in [0.25, 0.3) is 0 Å².